The Morgan fingerprint density at radius 3 is 2.33 bits per heavy atom. The Morgan fingerprint density at radius 2 is 1.86 bits per heavy atom. The Hall–Kier alpha value is -1.21. The molecule has 1 aliphatic rings. The van der Waals surface area contributed by atoms with Crippen LogP contribution in [-0.2, 0) is 9.84 Å². The third-order valence-corrected chi connectivity index (χ3v) is 5.48. The molecule has 1 aliphatic heterocycles. The normalized spacial score (nSPS) is 22.6. The highest BCUT2D eigenvalue weighted by molar-refractivity contribution is 7.91. The first kappa shape index (κ1) is 16.2. The molecule has 2 rings (SSSR count). The van der Waals surface area contributed by atoms with Crippen molar-refractivity contribution in [1.29, 1.82) is 0 Å². The van der Waals surface area contributed by atoms with Gasteiger partial charge in [-0.15, -0.1) is 0 Å². The Kier molecular flexibility index (Phi) is 4.26. The molecular weight excluding hydrogens is 298 g/mol. The van der Waals surface area contributed by atoms with Crippen molar-refractivity contribution in [3.05, 3.63) is 24.3 Å². The molecule has 0 spiro atoms. The standard InChI is InChI=1S/C14H20F2N2O2S/c1-14(2)9-18(8-7-12(14)17)10-3-5-11(6-4-10)21(19,20)13(15)16/h3-6,12-13H,7-9,17H2,1-2H3. The predicted molar refractivity (Wildman–Crippen MR) is 78.2 cm³/mol. The smallest absolute Gasteiger partial charge is 0.341 e. The fraction of sp³-hybridized carbons (Fsp3) is 0.571. The van der Waals surface area contributed by atoms with E-state index in [1.54, 1.807) is 12.1 Å². The van der Waals surface area contributed by atoms with Crippen molar-refractivity contribution in [3.63, 3.8) is 0 Å². The quantitative estimate of drug-likeness (QED) is 0.928. The number of alkyl halides is 2. The van der Waals surface area contributed by atoms with E-state index in [4.69, 9.17) is 5.73 Å². The van der Waals surface area contributed by atoms with E-state index in [-0.39, 0.29) is 16.4 Å². The van der Waals surface area contributed by atoms with Crippen LogP contribution < -0.4 is 10.6 Å². The van der Waals surface area contributed by atoms with Crippen LogP contribution >= 0.6 is 0 Å². The van der Waals surface area contributed by atoms with Gasteiger partial charge in [-0.05, 0) is 36.1 Å². The molecule has 0 aromatic heterocycles. The summed E-state index contributed by atoms with van der Waals surface area (Å²) in [5.74, 6) is -3.39. The summed E-state index contributed by atoms with van der Waals surface area (Å²) < 4.78 is 47.7. The fourth-order valence-corrected chi connectivity index (χ4v) is 3.26. The Balaban J connectivity index is 2.21. The SMILES string of the molecule is CC1(C)CN(c2ccc(S(=O)(=O)C(F)F)cc2)CCC1N. The number of piperidine rings is 1. The summed E-state index contributed by atoms with van der Waals surface area (Å²) >= 11 is 0. The molecule has 21 heavy (non-hydrogen) atoms. The average Bonchev–Trinajstić information content (AvgIpc) is 2.42. The van der Waals surface area contributed by atoms with E-state index >= 15 is 0 Å². The summed E-state index contributed by atoms with van der Waals surface area (Å²) in [4.78, 5) is 1.75. The highest BCUT2D eigenvalue weighted by Gasteiger charge is 2.33. The summed E-state index contributed by atoms with van der Waals surface area (Å²) in [5, 5.41) is 0. The van der Waals surface area contributed by atoms with Crippen LogP contribution in [0.4, 0.5) is 14.5 Å². The number of benzene rings is 1. The first-order chi connectivity index (χ1) is 9.64. The van der Waals surface area contributed by atoms with Crippen molar-refractivity contribution < 1.29 is 17.2 Å². The van der Waals surface area contributed by atoms with Crippen LogP contribution in [-0.4, -0.2) is 33.3 Å². The lowest BCUT2D eigenvalue weighted by Gasteiger charge is -2.43. The molecule has 1 saturated heterocycles. The minimum absolute atomic E-state index is 0.0496. The largest absolute Gasteiger partial charge is 0.371 e. The van der Waals surface area contributed by atoms with Gasteiger partial charge >= 0.3 is 5.76 Å². The van der Waals surface area contributed by atoms with Gasteiger partial charge < -0.3 is 10.6 Å². The summed E-state index contributed by atoms with van der Waals surface area (Å²) in [6.07, 6.45) is 0.837. The van der Waals surface area contributed by atoms with E-state index in [1.165, 1.54) is 12.1 Å². The van der Waals surface area contributed by atoms with Gasteiger partial charge in [0.05, 0.1) is 4.90 Å². The summed E-state index contributed by atoms with van der Waals surface area (Å²) in [5.41, 5.74) is 6.85. The van der Waals surface area contributed by atoms with Crippen LogP contribution in [0.1, 0.15) is 20.3 Å². The molecule has 7 heteroatoms. The zero-order valence-corrected chi connectivity index (χ0v) is 12.9. The second kappa shape index (κ2) is 5.53. The molecule has 0 radical (unpaired) electrons. The number of nitrogens with zero attached hydrogens (tertiary/aromatic N) is 1. The molecule has 0 bridgehead atoms. The maximum atomic E-state index is 12.5. The second-order valence-electron chi connectivity index (χ2n) is 6.10. The predicted octanol–water partition coefficient (Wildman–Crippen LogP) is 2.25. The molecule has 0 saturated carbocycles. The van der Waals surface area contributed by atoms with E-state index in [9.17, 15) is 17.2 Å². The molecule has 118 valence electrons. The monoisotopic (exact) mass is 318 g/mol. The Bertz CT molecular complexity index is 600. The van der Waals surface area contributed by atoms with Crippen LogP contribution in [0.15, 0.2) is 29.2 Å². The molecule has 1 aromatic rings. The zero-order chi connectivity index (χ0) is 15.8. The molecule has 1 atom stereocenters. The molecule has 4 nitrogen and oxygen atoms in total. The van der Waals surface area contributed by atoms with E-state index in [1.807, 2.05) is 0 Å². The third-order valence-electron chi connectivity index (χ3n) is 4.08. The number of sulfone groups is 1. The van der Waals surface area contributed by atoms with E-state index < -0.39 is 15.6 Å². The summed E-state index contributed by atoms with van der Waals surface area (Å²) in [7, 11) is -4.53. The molecule has 1 aromatic carbocycles. The lowest BCUT2D eigenvalue weighted by Crippen LogP contribution is -2.52. The van der Waals surface area contributed by atoms with Crippen molar-refractivity contribution in [1.82, 2.24) is 0 Å². The van der Waals surface area contributed by atoms with Gasteiger partial charge in [0.15, 0.2) is 0 Å². The van der Waals surface area contributed by atoms with Gasteiger partial charge in [0.2, 0.25) is 9.84 Å². The molecule has 1 fully saturated rings. The number of rotatable bonds is 3. The van der Waals surface area contributed by atoms with Gasteiger partial charge in [0.25, 0.3) is 0 Å². The van der Waals surface area contributed by atoms with Crippen molar-refractivity contribution in [3.8, 4) is 0 Å². The molecule has 1 unspecified atom stereocenters. The van der Waals surface area contributed by atoms with Gasteiger partial charge in [0.1, 0.15) is 0 Å². The number of halogens is 2. The van der Waals surface area contributed by atoms with Crippen molar-refractivity contribution >= 4 is 15.5 Å². The molecular formula is C14H20F2N2O2S. The van der Waals surface area contributed by atoms with Crippen molar-refractivity contribution in [2.75, 3.05) is 18.0 Å². The number of nitrogens with two attached hydrogens (primary N) is 1. The number of hydrogen-bond acceptors (Lipinski definition) is 4. The minimum Gasteiger partial charge on any atom is -0.371 e. The van der Waals surface area contributed by atoms with Gasteiger partial charge in [-0.3, -0.25) is 0 Å². The molecule has 0 amide bonds. The number of hydrogen-bond donors (Lipinski definition) is 1. The summed E-state index contributed by atoms with van der Waals surface area (Å²) in [6.45, 7) is 5.68. The highest BCUT2D eigenvalue weighted by Crippen LogP contribution is 2.31. The van der Waals surface area contributed by atoms with E-state index in [2.05, 4.69) is 18.7 Å². The maximum absolute atomic E-state index is 12.5. The van der Waals surface area contributed by atoms with Crippen molar-refractivity contribution in [2.24, 2.45) is 11.1 Å². The first-order valence-corrected chi connectivity index (χ1v) is 8.32. The Morgan fingerprint density at radius 1 is 1.29 bits per heavy atom. The van der Waals surface area contributed by atoms with Crippen LogP contribution in [0.3, 0.4) is 0 Å². The zero-order valence-electron chi connectivity index (χ0n) is 12.1. The topological polar surface area (TPSA) is 63.4 Å². The van der Waals surface area contributed by atoms with Crippen molar-refractivity contribution in [2.45, 2.75) is 37.0 Å². The van der Waals surface area contributed by atoms with Crippen LogP contribution in [0, 0.1) is 5.41 Å². The van der Waals surface area contributed by atoms with Gasteiger partial charge in [-0.1, -0.05) is 13.8 Å². The lowest BCUT2D eigenvalue weighted by molar-refractivity contribution is 0.234. The Labute approximate surface area is 123 Å². The highest BCUT2D eigenvalue weighted by atomic mass is 32.2. The molecule has 0 aliphatic carbocycles. The van der Waals surface area contributed by atoms with Gasteiger partial charge in [0, 0.05) is 24.8 Å². The maximum Gasteiger partial charge on any atom is 0.341 e. The van der Waals surface area contributed by atoms with Crippen LogP contribution in [0.25, 0.3) is 0 Å². The number of anilines is 1. The molecule has 2 N–H and O–H groups in total. The van der Waals surface area contributed by atoms with Crippen LogP contribution in [0.2, 0.25) is 0 Å². The fourth-order valence-electron chi connectivity index (χ4n) is 2.54. The molecule has 1 heterocycles. The third kappa shape index (κ3) is 3.18. The van der Waals surface area contributed by atoms with Gasteiger partial charge in [-0.2, -0.15) is 8.78 Å². The lowest BCUT2D eigenvalue weighted by atomic mass is 9.79. The first-order valence-electron chi connectivity index (χ1n) is 6.77. The minimum atomic E-state index is -4.53. The van der Waals surface area contributed by atoms with Crippen LogP contribution in [0.5, 0.6) is 0 Å². The second-order valence-corrected chi connectivity index (χ2v) is 8.02. The van der Waals surface area contributed by atoms with E-state index in [0.717, 1.165) is 25.2 Å². The average molecular weight is 318 g/mol. The van der Waals surface area contributed by atoms with Gasteiger partial charge in [-0.25, -0.2) is 8.42 Å². The van der Waals surface area contributed by atoms with E-state index in [0.29, 0.717) is 0 Å². The summed E-state index contributed by atoms with van der Waals surface area (Å²) in [6, 6.07) is 5.73.